The maximum absolute atomic E-state index is 10.6. The molecule has 0 bridgehead atoms. The van der Waals surface area contributed by atoms with Gasteiger partial charge in [-0.3, -0.25) is 4.79 Å². The summed E-state index contributed by atoms with van der Waals surface area (Å²) in [4.78, 5) is 10.6. The van der Waals surface area contributed by atoms with Gasteiger partial charge >= 0.3 is 5.97 Å². The molecule has 1 aliphatic heterocycles. The van der Waals surface area contributed by atoms with Gasteiger partial charge in [-0.05, 0) is 45.7 Å². The van der Waals surface area contributed by atoms with Gasteiger partial charge in [-0.25, -0.2) is 0 Å². The van der Waals surface area contributed by atoms with Gasteiger partial charge in [-0.2, -0.15) is 0 Å². The summed E-state index contributed by atoms with van der Waals surface area (Å²) >= 11 is 6.29. The molecule has 0 radical (unpaired) electrons. The number of ether oxygens (including phenoxy) is 2. The van der Waals surface area contributed by atoms with Crippen molar-refractivity contribution in [3.8, 4) is 5.75 Å². The second-order valence-corrected chi connectivity index (χ2v) is 9.48. The average Bonchev–Trinajstić information content (AvgIpc) is 2.73. The zero-order valence-corrected chi connectivity index (χ0v) is 20.2. The highest BCUT2D eigenvalue weighted by Gasteiger charge is 2.35. The number of rotatable bonds is 7. The summed E-state index contributed by atoms with van der Waals surface area (Å²) in [7, 11) is 0. The number of aromatic hydroxyl groups is 1. The molecule has 1 aliphatic rings. The fourth-order valence-electron chi connectivity index (χ4n) is 3.25. The monoisotopic (exact) mass is 475 g/mol. The molecular formula is C26H34ClNO5. The largest absolute Gasteiger partial charge is 0.508 e. The fourth-order valence-corrected chi connectivity index (χ4v) is 3.48. The maximum atomic E-state index is 10.6. The molecular weight excluding hydrogens is 442 g/mol. The Kier molecular flexibility index (Phi) is 10.4. The number of carboxylic acid groups (broad SMARTS) is 1. The number of hydrogen-bond acceptors (Lipinski definition) is 5. The van der Waals surface area contributed by atoms with Crippen molar-refractivity contribution < 1.29 is 24.5 Å². The van der Waals surface area contributed by atoms with Crippen LogP contribution in [0.2, 0.25) is 5.02 Å². The number of phenolic OH excluding ortho intramolecular Hbond substituents is 1. The Bertz CT molecular complexity index is 919. The molecule has 7 heteroatoms. The fraction of sp³-hybridized carbons (Fsp3) is 0.423. The standard InChI is InChI=1S/C22H23ClO5.C4H11N/c23-18-11-6-4-9-16(18)22-27-14-15(8-2-1-3-13-20(25)26)21(28-22)17-10-5-7-12-19(17)24;1-4(2,3)5/h1-2,4-7,9-12,15,21-22,24H,3,8,13-14H2,(H,25,26);5H2,1-3H3/b2-1-;/t15-,21+,22+;/m1./s1. The summed E-state index contributed by atoms with van der Waals surface area (Å²) in [5, 5.41) is 19.6. The van der Waals surface area contributed by atoms with Gasteiger partial charge in [0.25, 0.3) is 0 Å². The van der Waals surface area contributed by atoms with Crippen LogP contribution in [-0.2, 0) is 14.3 Å². The predicted molar refractivity (Wildman–Crippen MR) is 130 cm³/mol. The van der Waals surface area contributed by atoms with Crippen LogP contribution in [0, 0.1) is 5.92 Å². The minimum Gasteiger partial charge on any atom is -0.508 e. The third kappa shape index (κ3) is 9.56. The lowest BCUT2D eigenvalue weighted by atomic mass is 9.91. The van der Waals surface area contributed by atoms with Crippen molar-refractivity contribution in [3.63, 3.8) is 0 Å². The van der Waals surface area contributed by atoms with Gasteiger partial charge in [0.1, 0.15) is 5.75 Å². The lowest BCUT2D eigenvalue weighted by Crippen LogP contribution is -2.30. The van der Waals surface area contributed by atoms with Crippen molar-refractivity contribution in [2.24, 2.45) is 11.7 Å². The van der Waals surface area contributed by atoms with Crippen molar-refractivity contribution in [3.05, 3.63) is 76.8 Å². The van der Waals surface area contributed by atoms with E-state index in [1.807, 2.05) is 63.3 Å². The molecule has 1 saturated heterocycles. The minimum absolute atomic E-state index is 0. The van der Waals surface area contributed by atoms with Crippen LogP contribution in [0.5, 0.6) is 5.75 Å². The second kappa shape index (κ2) is 12.8. The van der Waals surface area contributed by atoms with Gasteiger partial charge in [-0.15, -0.1) is 0 Å². The molecule has 3 rings (SSSR count). The highest BCUT2D eigenvalue weighted by molar-refractivity contribution is 6.31. The molecule has 0 amide bonds. The molecule has 0 spiro atoms. The number of halogens is 1. The highest BCUT2D eigenvalue weighted by Crippen LogP contribution is 2.43. The SMILES string of the molecule is CC(C)(C)N.O=C(O)CC/C=C\C[C@@H]1CO[C@H](c2ccccc2Cl)O[C@@H]1c1ccccc1O. The van der Waals surface area contributed by atoms with E-state index in [0.29, 0.717) is 30.0 Å². The first-order chi connectivity index (χ1) is 15.6. The number of phenols is 1. The first-order valence-corrected chi connectivity index (χ1v) is 11.4. The van der Waals surface area contributed by atoms with Gasteiger partial charge in [0.05, 0.1) is 12.7 Å². The molecule has 1 fully saturated rings. The van der Waals surface area contributed by atoms with Crippen LogP contribution in [0.3, 0.4) is 0 Å². The minimum atomic E-state index is -0.816. The third-order valence-corrected chi connectivity index (χ3v) is 5.04. The highest BCUT2D eigenvalue weighted by atomic mass is 35.5. The molecule has 0 aromatic heterocycles. The number of allylic oxidation sites excluding steroid dienone is 2. The molecule has 0 aliphatic carbocycles. The molecule has 2 aromatic carbocycles. The van der Waals surface area contributed by atoms with Crippen LogP contribution in [-0.4, -0.2) is 28.3 Å². The van der Waals surface area contributed by atoms with Gasteiger partial charge in [0.2, 0.25) is 0 Å². The van der Waals surface area contributed by atoms with Crippen molar-refractivity contribution >= 4 is 17.6 Å². The van der Waals surface area contributed by atoms with Crippen LogP contribution >= 0.6 is 11.6 Å². The van der Waals surface area contributed by atoms with Gasteiger partial charge < -0.3 is 25.4 Å². The summed E-state index contributed by atoms with van der Waals surface area (Å²) in [6, 6.07) is 14.5. The normalized spacial score (nSPS) is 20.8. The van der Waals surface area contributed by atoms with E-state index >= 15 is 0 Å². The third-order valence-electron chi connectivity index (χ3n) is 4.69. The molecule has 0 saturated carbocycles. The zero-order valence-electron chi connectivity index (χ0n) is 19.4. The van der Waals surface area contributed by atoms with E-state index in [9.17, 15) is 9.90 Å². The lowest BCUT2D eigenvalue weighted by Gasteiger charge is -2.37. The van der Waals surface area contributed by atoms with Gasteiger partial charge in [0.15, 0.2) is 6.29 Å². The Morgan fingerprint density at radius 3 is 2.33 bits per heavy atom. The molecule has 0 unspecified atom stereocenters. The first kappa shape index (κ1) is 26.9. The van der Waals surface area contributed by atoms with E-state index in [0.717, 1.165) is 5.56 Å². The molecule has 33 heavy (non-hydrogen) atoms. The number of aliphatic carboxylic acids is 1. The van der Waals surface area contributed by atoms with E-state index < -0.39 is 12.3 Å². The second-order valence-electron chi connectivity index (χ2n) is 9.07. The molecule has 4 N–H and O–H groups in total. The van der Waals surface area contributed by atoms with Gasteiger partial charge in [0, 0.05) is 34.0 Å². The van der Waals surface area contributed by atoms with Crippen molar-refractivity contribution in [1.82, 2.24) is 0 Å². The van der Waals surface area contributed by atoms with E-state index in [1.165, 1.54) is 0 Å². The topological polar surface area (TPSA) is 102 Å². The Hall–Kier alpha value is -2.38. The van der Waals surface area contributed by atoms with E-state index in [2.05, 4.69) is 0 Å². The summed E-state index contributed by atoms with van der Waals surface area (Å²) in [5.74, 6) is -0.663. The number of nitrogens with two attached hydrogens (primary N) is 1. The first-order valence-electron chi connectivity index (χ1n) is 11.0. The number of carbonyl (C=O) groups is 1. The van der Waals surface area contributed by atoms with Crippen molar-refractivity contribution in [2.45, 2.75) is 58.0 Å². The van der Waals surface area contributed by atoms with Crippen LogP contribution in [0.25, 0.3) is 0 Å². The van der Waals surface area contributed by atoms with Crippen LogP contribution < -0.4 is 5.73 Å². The summed E-state index contributed by atoms with van der Waals surface area (Å²) in [6.07, 6.45) is 4.04. The maximum Gasteiger partial charge on any atom is 0.303 e. The molecule has 3 atom stereocenters. The lowest BCUT2D eigenvalue weighted by molar-refractivity contribution is -0.244. The summed E-state index contributed by atoms with van der Waals surface area (Å²) < 4.78 is 12.2. The Morgan fingerprint density at radius 2 is 1.73 bits per heavy atom. The Morgan fingerprint density at radius 1 is 1.12 bits per heavy atom. The van der Waals surface area contributed by atoms with Crippen LogP contribution in [0.4, 0.5) is 0 Å². The number of carboxylic acids is 1. The average molecular weight is 476 g/mol. The van der Waals surface area contributed by atoms with Crippen LogP contribution in [0.1, 0.15) is 63.6 Å². The Labute approximate surface area is 201 Å². The molecule has 180 valence electrons. The Balaban J connectivity index is 0.000000696. The number of para-hydroxylation sites is 1. The molecule has 2 aromatic rings. The van der Waals surface area contributed by atoms with Crippen molar-refractivity contribution in [2.75, 3.05) is 6.61 Å². The smallest absolute Gasteiger partial charge is 0.303 e. The van der Waals surface area contributed by atoms with E-state index in [-0.39, 0.29) is 29.7 Å². The number of hydrogen-bond donors (Lipinski definition) is 3. The van der Waals surface area contributed by atoms with Crippen LogP contribution in [0.15, 0.2) is 60.7 Å². The molecule has 6 nitrogen and oxygen atoms in total. The van der Waals surface area contributed by atoms with Gasteiger partial charge in [-0.1, -0.05) is 60.2 Å². The molecule has 1 heterocycles. The quantitative estimate of drug-likeness (QED) is 0.424. The summed E-state index contributed by atoms with van der Waals surface area (Å²) in [6.45, 7) is 6.32. The zero-order chi connectivity index (χ0) is 24.4. The number of benzene rings is 2. The summed E-state index contributed by atoms with van der Waals surface area (Å²) in [5.41, 5.74) is 6.80. The van der Waals surface area contributed by atoms with Crippen molar-refractivity contribution in [1.29, 1.82) is 0 Å². The predicted octanol–water partition coefficient (Wildman–Crippen LogP) is 6.00. The van der Waals surface area contributed by atoms with E-state index in [1.54, 1.807) is 18.2 Å². The van der Waals surface area contributed by atoms with E-state index in [4.69, 9.17) is 31.9 Å².